The van der Waals surface area contributed by atoms with E-state index in [0.29, 0.717) is 23.1 Å². The minimum Gasteiger partial charge on any atom is -0.329 e. The van der Waals surface area contributed by atoms with E-state index in [0.717, 1.165) is 11.1 Å². The summed E-state index contributed by atoms with van der Waals surface area (Å²) >= 11 is 12.3. The van der Waals surface area contributed by atoms with E-state index in [4.69, 9.17) is 28.9 Å². The Morgan fingerprint density at radius 1 is 1.14 bits per heavy atom. The van der Waals surface area contributed by atoms with Gasteiger partial charge in [-0.3, -0.25) is 4.90 Å². The summed E-state index contributed by atoms with van der Waals surface area (Å²) in [6.45, 7) is 1.06. The van der Waals surface area contributed by atoms with E-state index >= 15 is 0 Å². The van der Waals surface area contributed by atoms with E-state index in [1.165, 1.54) is 12.1 Å². The fourth-order valence-electron chi connectivity index (χ4n) is 2.30. The summed E-state index contributed by atoms with van der Waals surface area (Å²) in [4.78, 5) is 2.07. The maximum absolute atomic E-state index is 12.9. The lowest BCUT2D eigenvalue weighted by molar-refractivity contribution is 0.242. The van der Waals surface area contributed by atoms with Crippen molar-refractivity contribution in [2.45, 2.75) is 12.6 Å². The van der Waals surface area contributed by atoms with E-state index in [2.05, 4.69) is 4.90 Å². The number of likely N-dealkylation sites (N-methyl/N-ethyl adjacent to an activating group) is 1. The van der Waals surface area contributed by atoms with Crippen molar-refractivity contribution in [1.82, 2.24) is 4.90 Å². The number of halogens is 3. The Morgan fingerprint density at radius 3 is 2.43 bits per heavy atom. The van der Waals surface area contributed by atoms with Gasteiger partial charge in [-0.2, -0.15) is 0 Å². The van der Waals surface area contributed by atoms with Crippen LogP contribution in [0.2, 0.25) is 10.0 Å². The van der Waals surface area contributed by atoms with Crippen molar-refractivity contribution >= 4 is 23.2 Å². The van der Waals surface area contributed by atoms with E-state index in [-0.39, 0.29) is 11.9 Å². The van der Waals surface area contributed by atoms with Crippen LogP contribution in [0.25, 0.3) is 0 Å². The molecule has 2 N–H and O–H groups in total. The third kappa shape index (κ3) is 4.17. The van der Waals surface area contributed by atoms with Crippen LogP contribution in [0.15, 0.2) is 42.5 Å². The Hall–Kier alpha value is -1.13. The van der Waals surface area contributed by atoms with Crippen LogP contribution in [-0.4, -0.2) is 18.5 Å². The van der Waals surface area contributed by atoms with Crippen molar-refractivity contribution in [2.24, 2.45) is 5.73 Å². The molecule has 0 aliphatic rings. The first-order valence-electron chi connectivity index (χ1n) is 6.61. The van der Waals surface area contributed by atoms with Gasteiger partial charge in [0.15, 0.2) is 0 Å². The fraction of sp³-hybridized carbons (Fsp3) is 0.250. The molecule has 21 heavy (non-hydrogen) atoms. The Kier molecular flexibility index (Phi) is 5.59. The van der Waals surface area contributed by atoms with Crippen LogP contribution in [-0.2, 0) is 6.54 Å². The van der Waals surface area contributed by atoms with Crippen LogP contribution < -0.4 is 5.73 Å². The largest absolute Gasteiger partial charge is 0.329 e. The Morgan fingerprint density at radius 2 is 1.81 bits per heavy atom. The Bertz CT molecular complexity index is 602. The third-order valence-electron chi connectivity index (χ3n) is 3.42. The van der Waals surface area contributed by atoms with Gasteiger partial charge in [0, 0.05) is 29.2 Å². The summed E-state index contributed by atoms with van der Waals surface area (Å²) in [6.07, 6.45) is 0. The van der Waals surface area contributed by atoms with Crippen molar-refractivity contribution in [3.63, 3.8) is 0 Å². The summed E-state index contributed by atoms with van der Waals surface area (Å²) in [6, 6.07) is 11.7. The van der Waals surface area contributed by atoms with Gasteiger partial charge >= 0.3 is 0 Å². The SMILES string of the molecule is CN(Cc1ccc(F)cc1)C(CN)c1cc(Cl)ccc1Cl. The smallest absolute Gasteiger partial charge is 0.123 e. The molecule has 2 rings (SSSR count). The van der Waals surface area contributed by atoms with E-state index < -0.39 is 0 Å². The van der Waals surface area contributed by atoms with Gasteiger partial charge in [0.25, 0.3) is 0 Å². The highest BCUT2D eigenvalue weighted by atomic mass is 35.5. The molecule has 0 amide bonds. The molecule has 2 nitrogen and oxygen atoms in total. The standard InChI is InChI=1S/C16H17Cl2FN2/c1-21(10-11-2-5-13(19)6-3-11)16(9-20)14-8-12(17)4-7-15(14)18/h2-8,16H,9-10,20H2,1H3. The van der Waals surface area contributed by atoms with Gasteiger partial charge in [-0.25, -0.2) is 4.39 Å². The lowest BCUT2D eigenvalue weighted by Crippen LogP contribution is -2.30. The quantitative estimate of drug-likeness (QED) is 0.889. The molecule has 0 heterocycles. The molecule has 0 saturated heterocycles. The molecule has 1 atom stereocenters. The molecule has 0 radical (unpaired) electrons. The highest BCUT2D eigenvalue weighted by molar-refractivity contribution is 6.33. The number of rotatable bonds is 5. The fourth-order valence-corrected chi connectivity index (χ4v) is 2.73. The number of hydrogen-bond acceptors (Lipinski definition) is 2. The Balaban J connectivity index is 2.20. The Labute approximate surface area is 134 Å². The van der Waals surface area contributed by atoms with Crippen molar-refractivity contribution in [2.75, 3.05) is 13.6 Å². The second-order valence-corrected chi connectivity index (χ2v) is 5.80. The van der Waals surface area contributed by atoms with Crippen LogP contribution in [0.5, 0.6) is 0 Å². The first-order valence-corrected chi connectivity index (χ1v) is 7.36. The molecule has 2 aromatic carbocycles. The second-order valence-electron chi connectivity index (χ2n) is 4.96. The number of hydrogen-bond donors (Lipinski definition) is 1. The zero-order chi connectivity index (χ0) is 15.4. The molecule has 0 aliphatic heterocycles. The van der Waals surface area contributed by atoms with Crippen molar-refractivity contribution in [1.29, 1.82) is 0 Å². The zero-order valence-corrected chi connectivity index (χ0v) is 13.2. The summed E-state index contributed by atoms with van der Waals surface area (Å²) in [7, 11) is 1.96. The minimum absolute atomic E-state index is 0.0544. The molecule has 1 unspecified atom stereocenters. The molecule has 0 fully saturated rings. The second kappa shape index (κ2) is 7.23. The topological polar surface area (TPSA) is 29.3 Å². The number of nitrogens with zero attached hydrogens (tertiary/aromatic N) is 1. The average Bonchev–Trinajstić information content (AvgIpc) is 2.46. The molecule has 0 aliphatic carbocycles. The highest BCUT2D eigenvalue weighted by Gasteiger charge is 2.18. The van der Waals surface area contributed by atoms with Gasteiger partial charge in [0.2, 0.25) is 0 Å². The predicted molar refractivity (Wildman–Crippen MR) is 86.1 cm³/mol. The molecule has 0 spiro atoms. The molecular weight excluding hydrogens is 310 g/mol. The summed E-state index contributed by atoms with van der Waals surface area (Å²) in [5.41, 5.74) is 7.81. The number of nitrogens with two attached hydrogens (primary N) is 1. The normalized spacial score (nSPS) is 12.7. The van der Waals surface area contributed by atoms with Gasteiger partial charge in [-0.05, 0) is 48.5 Å². The van der Waals surface area contributed by atoms with Crippen molar-refractivity contribution in [3.05, 3.63) is 69.5 Å². The lowest BCUT2D eigenvalue weighted by Gasteiger charge is -2.28. The van der Waals surface area contributed by atoms with E-state index in [9.17, 15) is 4.39 Å². The molecule has 5 heteroatoms. The van der Waals surface area contributed by atoms with Crippen LogP contribution in [0.1, 0.15) is 17.2 Å². The van der Waals surface area contributed by atoms with Crippen molar-refractivity contribution in [3.8, 4) is 0 Å². The summed E-state index contributed by atoms with van der Waals surface area (Å²) < 4.78 is 12.9. The van der Waals surface area contributed by atoms with Crippen LogP contribution in [0.3, 0.4) is 0 Å². The van der Waals surface area contributed by atoms with E-state index in [1.54, 1.807) is 24.3 Å². The van der Waals surface area contributed by atoms with Gasteiger partial charge in [-0.15, -0.1) is 0 Å². The van der Waals surface area contributed by atoms with Gasteiger partial charge < -0.3 is 5.73 Å². The lowest BCUT2D eigenvalue weighted by atomic mass is 10.0. The van der Waals surface area contributed by atoms with Crippen molar-refractivity contribution < 1.29 is 4.39 Å². The van der Waals surface area contributed by atoms with Gasteiger partial charge in [-0.1, -0.05) is 35.3 Å². The first kappa shape index (κ1) is 16.2. The third-order valence-corrected chi connectivity index (χ3v) is 4.00. The van der Waals surface area contributed by atoms with Crippen LogP contribution >= 0.6 is 23.2 Å². The van der Waals surface area contributed by atoms with E-state index in [1.807, 2.05) is 13.1 Å². The first-order chi connectivity index (χ1) is 10.0. The van der Waals surface area contributed by atoms with Gasteiger partial charge in [0.1, 0.15) is 5.82 Å². The summed E-state index contributed by atoms with van der Waals surface area (Å²) in [5.74, 6) is -0.241. The molecular formula is C16H17Cl2FN2. The number of benzene rings is 2. The molecule has 0 bridgehead atoms. The van der Waals surface area contributed by atoms with Gasteiger partial charge in [0.05, 0.1) is 0 Å². The highest BCUT2D eigenvalue weighted by Crippen LogP contribution is 2.29. The molecule has 2 aromatic rings. The summed E-state index contributed by atoms with van der Waals surface area (Å²) in [5, 5.41) is 1.27. The predicted octanol–water partition coefficient (Wildman–Crippen LogP) is 4.26. The molecule has 0 saturated carbocycles. The van der Waals surface area contributed by atoms with Crippen LogP contribution in [0, 0.1) is 5.82 Å². The molecule has 0 aromatic heterocycles. The maximum Gasteiger partial charge on any atom is 0.123 e. The maximum atomic E-state index is 12.9. The zero-order valence-electron chi connectivity index (χ0n) is 11.7. The monoisotopic (exact) mass is 326 g/mol. The average molecular weight is 327 g/mol. The molecule has 112 valence electrons. The van der Waals surface area contributed by atoms with Crippen LogP contribution in [0.4, 0.5) is 4.39 Å². The minimum atomic E-state index is -0.241.